The van der Waals surface area contributed by atoms with Gasteiger partial charge in [0, 0.05) is 11.6 Å². The van der Waals surface area contributed by atoms with E-state index in [4.69, 9.17) is 4.74 Å². The normalized spacial score (nSPS) is 11.2. The molecule has 0 bridgehead atoms. The first-order chi connectivity index (χ1) is 9.61. The summed E-state index contributed by atoms with van der Waals surface area (Å²) < 4.78 is 5.69. The number of phenolic OH excluding ortho intramolecular Hbond substituents is 1. The molecule has 102 valence electrons. The molecule has 0 saturated heterocycles. The van der Waals surface area contributed by atoms with E-state index in [2.05, 4.69) is 9.97 Å². The summed E-state index contributed by atoms with van der Waals surface area (Å²) in [4.78, 5) is 7.73. The molecule has 0 amide bonds. The van der Waals surface area contributed by atoms with E-state index in [0.717, 1.165) is 28.2 Å². The van der Waals surface area contributed by atoms with Gasteiger partial charge in [-0.15, -0.1) is 0 Å². The largest absolute Gasteiger partial charge is 0.508 e. The van der Waals surface area contributed by atoms with E-state index in [1.165, 1.54) is 0 Å². The molecule has 4 heteroatoms. The van der Waals surface area contributed by atoms with Crippen LogP contribution in [0.1, 0.15) is 13.8 Å². The Morgan fingerprint density at radius 2 is 2.00 bits per heavy atom. The van der Waals surface area contributed by atoms with Gasteiger partial charge in [-0.1, -0.05) is 12.1 Å². The summed E-state index contributed by atoms with van der Waals surface area (Å²) in [6, 6.07) is 12.9. The molecule has 1 heterocycles. The van der Waals surface area contributed by atoms with Crippen LogP contribution in [-0.2, 0) is 0 Å². The molecule has 0 spiro atoms. The molecule has 0 aliphatic rings. The van der Waals surface area contributed by atoms with Crippen molar-refractivity contribution >= 4 is 11.0 Å². The van der Waals surface area contributed by atoms with Crippen LogP contribution < -0.4 is 4.74 Å². The molecule has 2 N–H and O–H groups in total. The fourth-order valence-corrected chi connectivity index (χ4v) is 2.12. The van der Waals surface area contributed by atoms with Crippen LogP contribution in [0.15, 0.2) is 42.5 Å². The van der Waals surface area contributed by atoms with Crippen molar-refractivity contribution in [3.63, 3.8) is 0 Å². The zero-order valence-corrected chi connectivity index (χ0v) is 11.4. The van der Waals surface area contributed by atoms with Crippen LogP contribution in [0.2, 0.25) is 0 Å². The summed E-state index contributed by atoms with van der Waals surface area (Å²) >= 11 is 0. The third-order valence-corrected chi connectivity index (χ3v) is 2.94. The van der Waals surface area contributed by atoms with Gasteiger partial charge in [0.15, 0.2) is 0 Å². The number of benzene rings is 2. The number of imidazole rings is 1. The number of nitrogens with one attached hydrogen (secondary N) is 1. The minimum atomic E-state index is 0.137. The van der Waals surface area contributed by atoms with Gasteiger partial charge in [0.05, 0.1) is 17.1 Å². The van der Waals surface area contributed by atoms with Gasteiger partial charge in [-0.3, -0.25) is 0 Å². The van der Waals surface area contributed by atoms with E-state index < -0.39 is 0 Å². The Labute approximate surface area is 117 Å². The van der Waals surface area contributed by atoms with E-state index in [0.29, 0.717) is 0 Å². The lowest BCUT2D eigenvalue weighted by Gasteiger charge is -2.10. The molecule has 0 unspecified atom stereocenters. The quantitative estimate of drug-likeness (QED) is 0.761. The lowest BCUT2D eigenvalue weighted by Crippen LogP contribution is -2.05. The Kier molecular flexibility index (Phi) is 3.06. The average molecular weight is 268 g/mol. The molecular formula is C16H16N2O2. The van der Waals surface area contributed by atoms with Crippen molar-refractivity contribution in [1.29, 1.82) is 0 Å². The molecule has 0 fully saturated rings. The predicted octanol–water partition coefficient (Wildman–Crippen LogP) is 3.72. The van der Waals surface area contributed by atoms with Gasteiger partial charge in [0.25, 0.3) is 0 Å². The van der Waals surface area contributed by atoms with Crippen molar-refractivity contribution in [1.82, 2.24) is 9.97 Å². The Bertz CT molecular complexity index is 747. The smallest absolute Gasteiger partial charge is 0.138 e. The van der Waals surface area contributed by atoms with Gasteiger partial charge in [-0.2, -0.15) is 0 Å². The summed E-state index contributed by atoms with van der Waals surface area (Å²) in [5, 5.41) is 9.49. The molecule has 3 aromatic rings. The van der Waals surface area contributed by atoms with Crippen molar-refractivity contribution in [2.24, 2.45) is 0 Å². The summed E-state index contributed by atoms with van der Waals surface area (Å²) in [6.07, 6.45) is 0.137. The first-order valence-electron chi connectivity index (χ1n) is 6.57. The summed E-state index contributed by atoms with van der Waals surface area (Å²) in [7, 11) is 0. The lowest BCUT2D eigenvalue weighted by molar-refractivity contribution is 0.242. The van der Waals surface area contributed by atoms with Crippen molar-refractivity contribution in [3.05, 3.63) is 42.5 Å². The maximum absolute atomic E-state index is 9.49. The Balaban J connectivity index is 2.01. The maximum Gasteiger partial charge on any atom is 0.138 e. The van der Waals surface area contributed by atoms with E-state index in [1.54, 1.807) is 18.2 Å². The van der Waals surface area contributed by atoms with Crippen molar-refractivity contribution in [2.75, 3.05) is 0 Å². The molecule has 0 aliphatic heterocycles. The van der Waals surface area contributed by atoms with Gasteiger partial charge < -0.3 is 14.8 Å². The van der Waals surface area contributed by atoms with E-state index in [-0.39, 0.29) is 11.9 Å². The van der Waals surface area contributed by atoms with Crippen LogP contribution in [-0.4, -0.2) is 21.2 Å². The standard InChI is InChI=1S/C16H16N2O2/c1-10(2)20-13-5-3-4-11(8-13)16-17-14-7-6-12(19)9-15(14)18-16/h3-10,19H,1-2H3,(H,17,18). The molecule has 20 heavy (non-hydrogen) atoms. The van der Waals surface area contributed by atoms with E-state index in [1.807, 2.05) is 38.1 Å². The number of aromatic amines is 1. The second-order valence-corrected chi connectivity index (χ2v) is 4.98. The SMILES string of the molecule is CC(C)Oc1cccc(-c2nc3ccc(O)cc3[nH]2)c1. The van der Waals surface area contributed by atoms with Crippen LogP contribution in [0.25, 0.3) is 22.4 Å². The monoisotopic (exact) mass is 268 g/mol. The predicted molar refractivity (Wildman–Crippen MR) is 79.0 cm³/mol. The van der Waals surface area contributed by atoms with Gasteiger partial charge in [-0.05, 0) is 38.1 Å². The van der Waals surface area contributed by atoms with Crippen LogP contribution in [0.3, 0.4) is 0 Å². The number of H-pyrrole nitrogens is 1. The second-order valence-electron chi connectivity index (χ2n) is 4.98. The highest BCUT2D eigenvalue weighted by Crippen LogP contribution is 2.26. The van der Waals surface area contributed by atoms with Gasteiger partial charge in [0.1, 0.15) is 17.3 Å². The highest BCUT2D eigenvalue weighted by molar-refractivity contribution is 5.80. The highest BCUT2D eigenvalue weighted by Gasteiger charge is 2.07. The molecule has 0 aliphatic carbocycles. The first-order valence-corrected chi connectivity index (χ1v) is 6.57. The lowest BCUT2D eigenvalue weighted by atomic mass is 10.2. The number of ether oxygens (including phenoxy) is 1. The van der Waals surface area contributed by atoms with Gasteiger partial charge >= 0.3 is 0 Å². The minimum Gasteiger partial charge on any atom is -0.508 e. The Morgan fingerprint density at radius 3 is 2.80 bits per heavy atom. The maximum atomic E-state index is 9.49. The van der Waals surface area contributed by atoms with Crippen LogP contribution >= 0.6 is 0 Å². The zero-order chi connectivity index (χ0) is 14.1. The fraction of sp³-hybridized carbons (Fsp3) is 0.188. The van der Waals surface area contributed by atoms with Gasteiger partial charge in [0.2, 0.25) is 0 Å². The Hall–Kier alpha value is -2.49. The van der Waals surface area contributed by atoms with E-state index >= 15 is 0 Å². The second kappa shape index (κ2) is 4.89. The third kappa shape index (κ3) is 2.45. The van der Waals surface area contributed by atoms with Crippen molar-refractivity contribution in [3.8, 4) is 22.9 Å². The van der Waals surface area contributed by atoms with Crippen LogP contribution in [0.4, 0.5) is 0 Å². The van der Waals surface area contributed by atoms with Crippen molar-refractivity contribution < 1.29 is 9.84 Å². The summed E-state index contributed by atoms with van der Waals surface area (Å²) in [6.45, 7) is 3.99. The highest BCUT2D eigenvalue weighted by atomic mass is 16.5. The molecule has 1 aromatic heterocycles. The molecule has 2 aromatic carbocycles. The number of nitrogens with zero attached hydrogens (tertiary/aromatic N) is 1. The van der Waals surface area contributed by atoms with E-state index in [9.17, 15) is 5.11 Å². The van der Waals surface area contributed by atoms with Crippen LogP contribution in [0, 0.1) is 0 Å². The number of hydrogen-bond donors (Lipinski definition) is 2. The number of aromatic nitrogens is 2. The number of phenols is 1. The van der Waals surface area contributed by atoms with Crippen LogP contribution in [0.5, 0.6) is 11.5 Å². The van der Waals surface area contributed by atoms with Gasteiger partial charge in [-0.25, -0.2) is 4.98 Å². The molecule has 3 rings (SSSR count). The minimum absolute atomic E-state index is 0.137. The topological polar surface area (TPSA) is 58.1 Å². The number of aromatic hydroxyl groups is 1. The Morgan fingerprint density at radius 1 is 1.15 bits per heavy atom. The van der Waals surface area contributed by atoms with Crippen molar-refractivity contribution in [2.45, 2.75) is 20.0 Å². The average Bonchev–Trinajstić information content (AvgIpc) is 2.81. The summed E-state index contributed by atoms with van der Waals surface area (Å²) in [5.41, 5.74) is 2.60. The fourth-order valence-electron chi connectivity index (χ4n) is 2.12. The zero-order valence-electron chi connectivity index (χ0n) is 11.4. The molecule has 0 radical (unpaired) electrons. The molecule has 0 atom stereocenters. The number of rotatable bonds is 3. The number of hydrogen-bond acceptors (Lipinski definition) is 3. The molecule has 4 nitrogen and oxygen atoms in total. The molecular weight excluding hydrogens is 252 g/mol. The first kappa shape index (κ1) is 12.5. The summed E-state index contributed by atoms with van der Waals surface area (Å²) in [5.74, 6) is 1.81. The molecule has 0 saturated carbocycles. The third-order valence-electron chi connectivity index (χ3n) is 2.94. The number of fused-ring (bicyclic) bond motifs is 1.